The van der Waals surface area contributed by atoms with Crippen molar-refractivity contribution in [3.8, 4) is 0 Å². The van der Waals surface area contributed by atoms with Crippen molar-refractivity contribution in [1.82, 2.24) is 10.3 Å². The summed E-state index contributed by atoms with van der Waals surface area (Å²) in [4.78, 5) is 6.97. The molecule has 0 saturated carbocycles. The molecule has 1 N–H and O–H groups in total. The molecule has 0 amide bonds. The summed E-state index contributed by atoms with van der Waals surface area (Å²) in [6.07, 6.45) is 5.67. The molecule has 3 heteroatoms. The Kier molecular flexibility index (Phi) is 4.37. The smallest absolute Gasteiger partial charge is 0.131 e. The predicted octanol–water partition coefficient (Wildman–Crippen LogP) is 2.36. The third-order valence-corrected chi connectivity index (χ3v) is 3.38. The molecule has 2 rings (SSSR count). The average Bonchev–Trinajstić information content (AvgIpc) is 2.82. The van der Waals surface area contributed by atoms with Crippen molar-refractivity contribution in [1.29, 1.82) is 0 Å². The fourth-order valence-corrected chi connectivity index (χ4v) is 2.54. The van der Waals surface area contributed by atoms with E-state index < -0.39 is 0 Å². The van der Waals surface area contributed by atoms with E-state index in [1.807, 2.05) is 12.3 Å². The highest BCUT2D eigenvalue weighted by atomic mass is 15.2. The van der Waals surface area contributed by atoms with Crippen molar-refractivity contribution in [2.45, 2.75) is 39.2 Å². The van der Waals surface area contributed by atoms with E-state index in [-0.39, 0.29) is 0 Å². The highest BCUT2D eigenvalue weighted by molar-refractivity contribution is 5.45. The third-order valence-electron chi connectivity index (χ3n) is 3.38. The molecule has 0 aromatic carbocycles. The molecule has 94 valence electrons. The van der Waals surface area contributed by atoms with Crippen molar-refractivity contribution in [2.75, 3.05) is 24.5 Å². The second-order valence-electron chi connectivity index (χ2n) is 4.88. The minimum absolute atomic E-state index is 0.642. The van der Waals surface area contributed by atoms with Gasteiger partial charge in [0.15, 0.2) is 0 Å². The summed E-state index contributed by atoms with van der Waals surface area (Å²) in [5.41, 5.74) is 1.28. The van der Waals surface area contributed by atoms with Gasteiger partial charge in [-0.1, -0.05) is 13.0 Å². The number of rotatable bonds is 5. The molecule has 1 fully saturated rings. The summed E-state index contributed by atoms with van der Waals surface area (Å²) in [5.74, 6) is 1.16. The van der Waals surface area contributed by atoms with Crippen LogP contribution >= 0.6 is 0 Å². The predicted molar refractivity (Wildman–Crippen MR) is 72.5 cm³/mol. The summed E-state index contributed by atoms with van der Waals surface area (Å²) in [5, 5.41) is 3.57. The van der Waals surface area contributed by atoms with Crippen LogP contribution in [0.15, 0.2) is 18.3 Å². The maximum Gasteiger partial charge on any atom is 0.131 e. The van der Waals surface area contributed by atoms with Gasteiger partial charge in [-0.3, -0.25) is 0 Å². The minimum atomic E-state index is 0.642. The van der Waals surface area contributed by atoms with Crippen LogP contribution in [0, 0.1) is 6.92 Å². The quantitative estimate of drug-likeness (QED) is 0.846. The van der Waals surface area contributed by atoms with E-state index in [9.17, 15) is 0 Å². The Labute approximate surface area is 104 Å². The monoisotopic (exact) mass is 233 g/mol. The number of aryl methyl sites for hydroxylation is 1. The van der Waals surface area contributed by atoms with Crippen LogP contribution in [0.1, 0.15) is 31.7 Å². The van der Waals surface area contributed by atoms with Gasteiger partial charge >= 0.3 is 0 Å². The number of hydrogen-bond acceptors (Lipinski definition) is 3. The number of hydrogen-bond donors (Lipinski definition) is 1. The number of aromatic nitrogens is 1. The second-order valence-corrected chi connectivity index (χ2v) is 4.88. The fraction of sp³-hybridized carbons (Fsp3) is 0.643. The molecule has 0 radical (unpaired) electrons. The van der Waals surface area contributed by atoms with Crippen molar-refractivity contribution in [3.05, 3.63) is 23.9 Å². The molecular weight excluding hydrogens is 210 g/mol. The molecule has 0 spiro atoms. The Morgan fingerprint density at radius 1 is 1.53 bits per heavy atom. The number of pyridine rings is 1. The van der Waals surface area contributed by atoms with Crippen molar-refractivity contribution in [2.24, 2.45) is 0 Å². The topological polar surface area (TPSA) is 28.2 Å². The van der Waals surface area contributed by atoms with Crippen molar-refractivity contribution < 1.29 is 0 Å². The fourth-order valence-electron chi connectivity index (χ4n) is 2.54. The number of nitrogens with one attached hydrogen (secondary N) is 1. The lowest BCUT2D eigenvalue weighted by atomic mass is 10.2. The molecule has 1 aliphatic heterocycles. The van der Waals surface area contributed by atoms with Gasteiger partial charge in [0.2, 0.25) is 0 Å². The molecule has 1 aromatic rings. The maximum absolute atomic E-state index is 4.54. The van der Waals surface area contributed by atoms with Crippen LogP contribution in [0.2, 0.25) is 0 Å². The van der Waals surface area contributed by atoms with Gasteiger partial charge in [-0.25, -0.2) is 4.98 Å². The van der Waals surface area contributed by atoms with Gasteiger partial charge in [-0.2, -0.15) is 0 Å². The van der Waals surface area contributed by atoms with Crippen LogP contribution in [-0.4, -0.2) is 30.7 Å². The maximum atomic E-state index is 4.54. The first-order valence-corrected chi connectivity index (χ1v) is 6.71. The first-order chi connectivity index (χ1) is 8.31. The van der Waals surface area contributed by atoms with E-state index in [2.05, 4.69) is 35.1 Å². The lowest BCUT2D eigenvalue weighted by Gasteiger charge is -2.27. The molecular formula is C14H23N3. The van der Waals surface area contributed by atoms with Gasteiger partial charge < -0.3 is 10.2 Å². The van der Waals surface area contributed by atoms with Gasteiger partial charge in [0.1, 0.15) is 5.82 Å². The largest absolute Gasteiger partial charge is 0.355 e. The lowest BCUT2D eigenvalue weighted by Crippen LogP contribution is -2.38. The van der Waals surface area contributed by atoms with Gasteiger partial charge in [0, 0.05) is 25.3 Å². The Bertz CT molecular complexity index is 345. The second kappa shape index (κ2) is 6.01. The lowest BCUT2D eigenvalue weighted by molar-refractivity contribution is 0.574. The van der Waals surface area contributed by atoms with Gasteiger partial charge in [0.25, 0.3) is 0 Å². The third kappa shape index (κ3) is 3.19. The van der Waals surface area contributed by atoms with E-state index in [0.29, 0.717) is 6.04 Å². The van der Waals surface area contributed by atoms with E-state index >= 15 is 0 Å². The van der Waals surface area contributed by atoms with Crippen molar-refractivity contribution in [3.63, 3.8) is 0 Å². The van der Waals surface area contributed by atoms with Crippen LogP contribution in [0.25, 0.3) is 0 Å². The van der Waals surface area contributed by atoms with Gasteiger partial charge in [-0.05, 0) is 44.4 Å². The standard InChI is InChI=1S/C14H23N3/c1-3-10-17(11-13-7-5-8-15-13)14-12(2)6-4-9-16-14/h4,6,9,13,15H,3,5,7-8,10-11H2,1-2H3. The Balaban J connectivity index is 2.08. The first kappa shape index (κ1) is 12.4. The molecule has 1 aliphatic rings. The minimum Gasteiger partial charge on any atom is -0.355 e. The van der Waals surface area contributed by atoms with E-state index in [1.165, 1.54) is 31.4 Å². The molecule has 0 aliphatic carbocycles. The van der Waals surface area contributed by atoms with Crippen LogP contribution in [-0.2, 0) is 0 Å². The summed E-state index contributed by atoms with van der Waals surface area (Å²) < 4.78 is 0. The Morgan fingerprint density at radius 2 is 2.41 bits per heavy atom. The van der Waals surface area contributed by atoms with Crippen LogP contribution in [0.4, 0.5) is 5.82 Å². The van der Waals surface area contributed by atoms with E-state index in [0.717, 1.165) is 18.9 Å². The summed E-state index contributed by atoms with van der Waals surface area (Å²) in [6, 6.07) is 4.80. The summed E-state index contributed by atoms with van der Waals surface area (Å²) >= 11 is 0. The Hall–Kier alpha value is -1.09. The zero-order valence-corrected chi connectivity index (χ0v) is 10.9. The molecule has 1 unspecified atom stereocenters. The zero-order chi connectivity index (χ0) is 12.1. The molecule has 0 bridgehead atoms. The van der Waals surface area contributed by atoms with Crippen LogP contribution < -0.4 is 10.2 Å². The molecule has 3 nitrogen and oxygen atoms in total. The van der Waals surface area contributed by atoms with E-state index in [4.69, 9.17) is 0 Å². The number of nitrogens with zero attached hydrogens (tertiary/aromatic N) is 2. The van der Waals surface area contributed by atoms with Crippen molar-refractivity contribution >= 4 is 5.82 Å². The summed E-state index contributed by atoms with van der Waals surface area (Å²) in [7, 11) is 0. The SMILES string of the molecule is CCCN(CC1CCCN1)c1ncccc1C. The highest BCUT2D eigenvalue weighted by Crippen LogP contribution is 2.18. The van der Waals surface area contributed by atoms with E-state index in [1.54, 1.807) is 0 Å². The molecule has 1 atom stereocenters. The Morgan fingerprint density at radius 3 is 3.06 bits per heavy atom. The average molecular weight is 233 g/mol. The first-order valence-electron chi connectivity index (χ1n) is 6.71. The molecule has 17 heavy (non-hydrogen) atoms. The highest BCUT2D eigenvalue weighted by Gasteiger charge is 2.19. The molecule has 1 saturated heterocycles. The van der Waals surface area contributed by atoms with Crippen LogP contribution in [0.3, 0.4) is 0 Å². The molecule has 2 heterocycles. The van der Waals surface area contributed by atoms with Gasteiger partial charge in [-0.15, -0.1) is 0 Å². The van der Waals surface area contributed by atoms with Gasteiger partial charge in [0.05, 0.1) is 0 Å². The summed E-state index contributed by atoms with van der Waals surface area (Å²) in [6.45, 7) is 7.73. The zero-order valence-electron chi connectivity index (χ0n) is 10.9. The molecule has 1 aromatic heterocycles. The van der Waals surface area contributed by atoms with Crippen LogP contribution in [0.5, 0.6) is 0 Å². The normalized spacial score (nSPS) is 19.5. The number of anilines is 1.